The van der Waals surface area contributed by atoms with Crippen LogP contribution in [0.15, 0.2) is 176 Å². The van der Waals surface area contributed by atoms with Crippen LogP contribution >= 0.6 is 0 Å². The molecule has 1 aliphatic carbocycles. The predicted octanol–water partition coefficient (Wildman–Crippen LogP) is 12.5. The highest BCUT2D eigenvalue weighted by Crippen LogP contribution is 2.53. The molecule has 0 fully saturated rings. The molecule has 0 saturated heterocycles. The van der Waals surface area contributed by atoms with Gasteiger partial charge in [-0.25, -0.2) is 0 Å². The molecule has 1 heterocycles. The van der Waals surface area contributed by atoms with E-state index in [2.05, 4.69) is 158 Å². The lowest BCUT2D eigenvalue weighted by atomic mass is 9.79. The van der Waals surface area contributed by atoms with Crippen molar-refractivity contribution in [2.24, 2.45) is 0 Å². The van der Waals surface area contributed by atoms with E-state index >= 15 is 0 Å². The summed E-state index contributed by atoms with van der Waals surface area (Å²) in [4.78, 5) is 0. The summed E-state index contributed by atoms with van der Waals surface area (Å²) in [6, 6.07) is 63.3. The molecule has 0 atom stereocenters. The van der Waals surface area contributed by atoms with Crippen molar-refractivity contribution >= 4 is 21.5 Å². The van der Waals surface area contributed by atoms with E-state index < -0.39 is 0 Å². The minimum atomic E-state index is -0.104. The van der Waals surface area contributed by atoms with Crippen molar-refractivity contribution < 1.29 is 0 Å². The Morgan fingerprint density at radius 2 is 0.846 bits per heavy atom. The summed E-state index contributed by atoms with van der Waals surface area (Å²) < 4.78 is 2.18. The van der Waals surface area contributed by atoms with Gasteiger partial charge in [-0.3, -0.25) is 4.57 Å². The lowest BCUT2D eigenvalue weighted by Gasteiger charge is -2.24. The molecule has 0 amide bonds. The van der Waals surface area contributed by atoms with Gasteiger partial charge in [-0.15, -0.1) is 10.2 Å². The smallest absolute Gasteiger partial charge is 0.168 e. The molecule has 0 N–H and O–H groups in total. The predicted molar refractivity (Wildman–Crippen MR) is 216 cm³/mol. The van der Waals surface area contributed by atoms with Gasteiger partial charge in [-0.1, -0.05) is 166 Å². The molecule has 0 aliphatic heterocycles. The van der Waals surface area contributed by atoms with Gasteiger partial charge >= 0.3 is 0 Å². The average Bonchev–Trinajstić information content (AvgIpc) is 3.74. The van der Waals surface area contributed by atoms with Gasteiger partial charge in [0.25, 0.3) is 0 Å². The number of hydrogen-bond donors (Lipinski definition) is 0. The van der Waals surface area contributed by atoms with Crippen molar-refractivity contribution in [3.05, 3.63) is 187 Å². The monoisotopic (exact) mass is 665 g/mol. The van der Waals surface area contributed by atoms with Gasteiger partial charge in [-0.2, -0.15) is 0 Å². The first-order valence-corrected chi connectivity index (χ1v) is 17.9. The minimum absolute atomic E-state index is 0.104. The summed E-state index contributed by atoms with van der Waals surface area (Å²) in [5.41, 5.74) is 13.3. The standard InChI is InChI=1S/C49H35N3/c1-49(2)43-25-15-14-22-37(43)40-30-41-42(31-44(40)49)45(32-16-6-3-7-17-32)38-23-12-13-24-39(38)46(41)33-26-28-36(29-27-33)52-47(34-18-8-4-9-19-34)50-51-48(52)35-20-10-5-11-21-35/h3-31H,1-2H3. The van der Waals surface area contributed by atoms with Gasteiger partial charge in [0.2, 0.25) is 0 Å². The van der Waals surface area contributed by atoms with Crippen molar-refractivity contribution in [3.8, 4) is 61.8 Å². The second-order valence-electron chi connectivity index (χ2n) is 14.2. The van der Waals surface area contributed by atoms with E-state index in [9.17, 15) is 0 Å². The van der Waals surface area contributed by atoms with E-state index in [1.165, 1.54) is 66.1 Å². The fourth-order valence-electron chi connectivity index (χ4n) is 8.45. The van der Waals surface area contributed by atoms with Crippen LogP contribution in [0.3, 0.4) is 0 Å². The Kier molecular flexibility index (Phi) is 6.84. The fraction of sp³-hybridized carbons (Fsp3) is 0.0612. The molecule has 8 aromatic carbocycles. The van der Waals surface area contributed by atoms with Gasteiger partial charge in [0.1, 0.15) is 0 Å². The molecule has 0 saturated carbocycles. The van der Waals surface area contributed by atoms with Gasteiger partial charge in [0, 0.05) is 22.2 Å². The van der Waals surface area contributed by atoms with Crippen LogP contribution in [0.2, 0.25) is 0 Å². The molecule has 9 aromatic rings. The summed E-state index contributed by atoms with van der Waals surface area (Å²) in [6.45, 7) is 4.73. The summed E-state index contributed by atoms with van der Waals surface area (Å²) in [5, 5.41) is 14.5. The molecule has 0 radical (unpaired) electrons. The molecule has 1 aromatic heterocycles. The Morgan fingerprint density at radius 3 is 1.42 bits per heavy atom. The molecule has 246 valence electrons. The molecule has 0 bridgehead atoms. The molecular weight excluding hydrogens is 631 g/mol. The van der Waals surface area contributed by atoms with Crippen molar-refractivity contribution in [3.63, 3.8) is 0 Å². The third-order valence-electron chi connectivity index (χ3n) is 10.9. The first kappa shape index (κ1) is 30.3. The van der Waals surface area contributed by atoms with E-state index in [4.69, 9.17) is 10.2 Å². The maximum atomic E-state index is 4.72. The zero-order valence-electron chi connectivity index (χ0n) is 29.1. The van der Waals surface area contributed by atoms with Crippen molar-refractivity contribution in [1.82, 2.24) is 14.8 Å². The molecule has 3 nitrogen and oxygen atoms in total. The third-order valence-corrected chi connectivity index (χ3v) is 10.9. The Balaban J connectivity index is 1.24. The lowest BCUT2D eigenvalue weighted by Crippen LogP contribution is -2.14. The van der Waals surface area contributed by atoms with Crippen LogP contribution in [0.25, 0.3) is 83.4 Å². The van der Waals surface area contributed by atoms with Crippen LogP contribution in [0, 0.1) is 0 Å². The van der Waals surface area contributed by atoms with E-state index in [0.29, 0.717) is 0 Å². The van der Waals surface area contributed by atoms with Gasteiger partial charge < -0.3 is 0 Å². The van der Waals surface area contributed by atoms with E-state index in [0.717, 1.165) is 28.5 Å². The van der Waals surface area contributed by atoms with Crippen LogP contribution in [0.1, 0.15) is 25.0 Å². The first-order valence-electron chi connectivity index (χ1n) is 17.9. The second-order valence-corrected chi connectivity index (χ2v) is 14.2. The van der Waals surface area contributed by atoms with Gasteiger partial charge in [0.15, 0.2) is 11.6 Å². The van der Waals surface area contributed by atoms with Crippen LogP contribution in [-0.2, 0) is 5.41 Å². The van der Waals surface area contributed by atoms with Gasteiger partial charge in [-0.05, 0) is 90.3 Å². The Morgan fingerprint density at radius 1 is 0.385 bits per heavy atom. The number of aromatic nitrogens is 3. The highest BCUT2D eigenvalue weighted by Gasteiger charge is 2.36. The highest BCUT2D eigenvalue weighted by molar-refractivity contribution is 6.22. The maximum Gasteiger partial charge on any atom is 0.168 e. The summed E-state index contributed by atoms with van der Waals surface area (Å²) in [6.07, 6.45) is 0. The Labute approximate surface area is 303 Å². The van der Waals surface area contributed by atoms with E-state index in [1.54, 1.807) is 0 Å². The number of nitrogens with zero attached hydrogens (tertiary/aromatic N) is 3. The van der Waals surface area contributed by atoms with Gasteiger partial charge in [0.05, 0.1) is 0 Å². The normalized spacial score (nSPS) is 13.0. The number of rotatable bonds is 5. The van der Waals surface area contributed by atoms with Crippen molar-refractivity contribution in [2.75, 3.05) is 0 Å². The zero-order chi connectivity index (χ0) is 34.8. The minimum Gasteiger partial charge on any atom is -0.275 e. The molecule has 52 heavy (non-hydrogen) atoms. The first-order chi connectivity index (χ1) is 25.6. The van der Waals surface area contributed by atoms with Crippen molar-refractivity contribution in [1.29, 1.82) is 0 Å². The SMILES string of the molecule is CC1(C)c2ccccc2-c2cc3c(-c4ccc(-n5c(-c6ccccc6)nnc5-c5ccccc5)cc4)c4ccccc4c(-c4ccccc4)c3cc21. The maximum absolute atomic E-state index is 4.72. The number of hydrogen-bond acceptors (Lipinski definition) is 2. The van der Waals surface area contributed by atoms with Crippen LogP contribution in [0.5, 0.6) is 0 Å². The molecule has 10 rings (SSSR count). The topological polar surface area (TPSA) is 30.7 Å². The highest BCUT2D eigenvalue weighted by atomic mass is 15.3. The quantitative estimate of drug-likeness (QED) is 0.171. The molecular formula is C49H35N3. The third kappa shape index (κ3) is 4.59. The van der Waals surface area contributed by atoms with Crippen LogP contribution in [0.4, 0.5) is 0 Å². The summed E-state index contributed by atoms with van der Waals surface area (Å²) >= 11 is 0. The Bertz CT molecular complexity index is 2720. The van der Waals surface area contributed by atoms with Crippen LogP contribution in [-0.4, -0.2) is 14.8 Å². The lowest BCUT2D eigenvalue weighted by molar-refractivity contribution is 0.661. The van der Waals surface area contributed by atoms with Crippen molar-refractivity contribution in [2.45, 2.75) is 19.3 Å². The Hall–Kier alpha value is -6.58. The molecule has 0 spiro atoms. The average molecular weight is 666 g/mol. The van der Waals surface area contributed by atoms with Crippen LogP contribution < -0.4 is 0 Å². The van der Waals surface area contributed by atoms with E-state index in [1.807, 2.05) is 36.4 Å². The zero-order valence-corrected chi connectivity index (χ0v) is 29.1. The molecule has 0 unspecified atom stereocenters. The second kappa shape index (κ2) is 11.8. The van der Waals surface area contributed by atoms with E-state index in [-0.39, 0.29) is 5.41 Å². The largest absolute Gasteiger partial charge is 0.275 e. The fourth-order valence-corrected chi connectivity index (χ4v) is 8.45. The number of fused-ring (bicyclic) bond motifs is 5. The number of benzene rings is 8. The molecule has 3 heteroatoms. The molecule has 1 aliphatic rings. The summed E-state index contributed by atoms with van der Waals surface area (Å²) in [7, 11) is 0. The summed E-state index contributed by atoms with van der Waals surface area (Å²) in [5.74, 6) is 1.62.